The normalized spacial score (nSPS) is 11.4. The maximum Gasteiger partial charge on any atom is 0.224 e. The van der Waals surface area contributed by atoms with Gasteiger partial charge in [-0.05, 0) is 44.2 Å². The van der Waals surface area contributed by atoms with Gasteiger partial charge in [0.1, 0.15) is 17.5 Å². The zero-order chi connectivity index (χ0) is 22.4. The van der Waals surface area contributed by atoms with Gasteiger partial charge in [-0.1, -0.05) is 17.7 Å². The third-order valence-electron chi connectivity index (χ3n) is 4.26. The topological polar surface area (TPSA) is 96.0 Å². The van der Waals surface area contributed by atoms with Crippen molar-refractivity contribution in [2.75, 3.05) is 23.7 Å². The molecule has 0 spiro atoms. The average molecular weight is 448 g/mol. The van der Waals surface area contributed by atoms with Crippen LogP contribution in [0.2, 0.25) is 0 Å². The van der Waals surface area contributed by atoms with Gasteiger partial charge in [0.2, 0.25) is 16.0 Å². The first-order valence-electron chi connectivity index (χ1n) is 9.55. The molecule has 0 bridgehead atoms. The largest absolute Gasteiger partial charge is 0.353 e. The van der Waals surface area contributed by atoms with Gasteiger partial charge in [-0.3, -0.25) is 0 Å². The Balaban J connectivity index is 1.54. The molecule has 10 heteroatoms. The van der Waals surface area contributed by atoms with Crippen LogP contribution in [0.3, 0.4) is 0 Å². The Morgan fingerprint density at radius 2 is 1.68 bits per heavy atom. The van der Waals surface area contributed by atoms with Crippen molar-refractivity contribution in [3.05, 3.63) is 77.0 Å². The van der Waals surface area contributed by atoms with Gasteiger partial charge in [0, 0.05) is 36.1 Å². The minimum Gasteiger partial charge on any atom is -0.353 e. The van der Waals surface area contributed by atoms with Crippen LogP contribution >= 0.6 is 0 Å². The van der Waals surface area contributed by atoms with E-state index in [0.29, 0.717) is 11.8 Å². The van der Waals surface area contributed by atoms with Gasteiger partial charge in [-0.2, -0.15) is 4.98 Å². The summed E-state index contributed by atoms with van der Waals surface area (Å²) in [7, 11) is -3.84. The molecule has 31 heavy (non-hydrogen) atoms. The van der Waals surface area contributed by atoms with E-state index >= 15 is 0 Å². The van der Waals surface area contributed by atoms with Crippen LogP contribution in [-0.2, 0) is 15.8 Å². The minimum atomic E-state index is -3.84. The number of nitrogens with one attached hydrogen (secondary N) is 3. The highest BCUT2D eigenvalue weighted by Gasteiger charge is 2.15. The van der Waals surface area contributed by atoms with E-state index in [1.165, 1.54) is 0 Å². The van der Waals surface area contributed by atoms with Crippen molar-refractivity contribution >= 4 is 27.5 Å². The van der Waals surface area contributed by atoms with E-state index in [9.17, 15) is 17.2 Å². The second-order valence-corrected chi connectivity index (χ2v) is 8.83. The molecule has 0 amide bonds. The number of sulfonamides is 1. The second kappa shape index (κ2) is 9.80. The van der Waals surface area contributed by atoms with Crippen LogP contribution < -0.4 is 15.4 Å². The van der Waals surface area contributed by atoms with Crippen LogP contribution in [0.1, 0.15) is 16.8 Å². The van der Waals surface area contributed by atoms with Crippen molar-refractivity contribution in [1.82, 2.24) is 14.7 Å². The van der Waals surface area contributed by atoms with Gasteiger partial charge >= 0.3 is 0 Å². The van der Waals surface area contributed by atoms with Crippen molar-refractivity contribution < 1.29 is 17.2 Å². The van der Waals surface area contributed by atoms with Gasteiger partial charge in [-0.15, -0.1) is 0 Å². The molecule has 1 heterocycles. The molecule has 7 nitrogen and oxygen atoms in total. The van der Waals surface area contributed by atoms with Crippen LogP contribution in [0.4, 0.5) is 26.2 Å². The predicted octanol–water partition coefficient (Wildman–Crippen LogP) is 3.65. The van der Waals surface area contributed by atoms with Crippen molar-refractivity contribution in [2.24, 2.45) is 0 Å². The molecule has 0 aliphatic heterocycles. The number of hydrogen-bond acceptors (Lipinski definition) is 6. The van der Waals surface area contributed by atoms with Crippen LogP contribution in [0.25, 0.3) is 0 Å². The minimum absolute atomic E-state index is 0.0251. The molecule has 2 aromatic carbocycles. The highest BCUT2D eigenvalue weighted by Crippen LogP contribution is 2.17. The van der Waals surface area contributed by atoms with E-state index < -0.39 is 27.4 Å². The highest BCUT2D eigenvalue weighted by atomic mass is 32.2. The average Bonchev–Trinajstić information content (AvgIpc) is 2.69. The third kappa shape index (κ3) is 6.97. The molecule has 0 fully saturated rings. The smallest absolute Gasteiger partial charge is 0.224 e. The van der Waals surface area contributed by atoms with Crippen LogP contribution in [0.5, 0.6) is 0 Å². The Hall–Kier alpha value is -3.11. The monoisotopic (exact) mass is 447 g/mol. The molecule has 0 saturated heterocycles. The number of anilines is 3. The summed E-state index contributed by atoms with van der Waals surface area (Å²) in [4.78, 5) is 8.65. The van der Waals surface area contributed by atoms with Gasteiger partial charge in [0.15, 0.2) is 0 Å². The van der Waals surface area contributed by atoms with Crippen molar-refractivity contribution in [3.8, 4) is 0 Å². The Morgan fingerprint density at radius 1 is 0.935 bits per heavy atom. The fraction of sp³-hybridized carbons (Fsp3) is 0.238. The molecule has 0 saturated carbocycles. The molecule has 0 aliphatic carbocycles. The number of hydrogen-bond donors (Lipinski definition) is 3. The summed E-state index contributed by atoms with van der Waals surface area (Å²) in [5, 5.41) is 6.15. The molecule has 3 aromatic rings. The standard InChI is InChI=1S/C21H23F2N5O2S/c1-14-3-6-18(7-4-14)27-20-11-15(2)26-21(28-20)24-9-10-25-31(29,30)13-16-12-17(22)5-8-19(16)23/h3-8,11-12,25H,9-10,13H2,1-2H3,(H2,24,26,27,28). The highest BCUT2D eigenvalue weighted by molar-refractivity contribution is 7.88. The van der Waals surface area contributed by atoms with E-state index in [1.807, 2.05) is 38.1 Å². The lowest BCUT2D eigenvalue weighted by Gasteiger charge is -2.11. The van der Waals surface area contributed by atoms with Crippen LogP contribution in [0, 0.1) is 25.5 Å². The van der Waals surface area contributed by atoms with Gasteiger partial charge in [0.05, 0.1) is 5.75 Å². The number of aromatic nitrogens is 2. The molecular formula is C21H23F2N5O2S. The number of nitrogens with zero attached hydrogens (tertiary/aromatic N) is 2. The molecule has 0 radical (unpaired) electrons. The Labute approximate surface area is 180 Å². The summed E-state index contributed by atoms with van der Waals surface area (Å²) in [5.41, 5.74) is 2.53. The molecule has 0 atom stereocenters. The zero-order valence-corrected chi connectivity index (χ0v) is 17.9. The van der Waals surface area contributed by atoms with Crippen LogP contribution in [-0.4, -0.2) is 31.5 Å². The van der Waals surface area contributed by atoms with Crippen molar-refractivity contribution in [1.29, 1.82) is 0 Å². The summed E-state index contributed by atoms with van der Waals surface area (Å²) >= 11 is 0. The number of benzene rings is 2. The number of aryl methyl sites for hydroxylation is 2. The quantitative estimate of drug-likeness (QED) is 0.434. The summed E-state index contributed by atoms with van der Waals surface area (Å²) in [5.74, 6) is -1.18. The zero-order valence-electron chi connectivity index (χ0n) is 17.1. The Kier molecular flexibility index (Phi) is 7.13. The summed E-state index contributed by atoms with van der Waals surface area (Å²) < 4.78 is 53.5. The van der Waals surface area contributed by atoms with E-state index in [-0.39, 0.29) is 18.7 Å². The van der Waals surface area contributed by atoms with Gasteiger partial charge in [0.25, 0.3) is 0 Å². The lowest BCUT2D eigenvalue weighted by atomic mass is 10.2. The van der Waals surface area contributed by atoms with Gasteiger partial charge < -0.3 is 10.6 Å². The molecule has 0 aliphatic rings. The molecule has 164 valence electrons. The second-order valence-electron chi connectivity index (χ2n) is 7.03. The first-order valence-corrected chi connectivity index (χ1v) is 11.2. The Morgan fingerprint density at radius 3 is 2.42 bits per heavy atom. The van der Waals surface area contributed by atoms with E-state index in [0.717, 1.165) is 35.1 Å². The molecule has 3 rings (SSSR count). The van der Waals surface area contributed by atoms with Crippen LogP contribution in [0.15, 0.2) is 48.5 Å². The Bertz CT molecular complexity index is 1150. The van der Waals surface area contributed by atoms with E-state index in [1.54, 1.807) is 6.07 Å². The lowest BCUT2D eigenvalue weighted by Crippen LogP contribution is -2.30. The molecule has 3 N–H and O–H groups in total. The first-order chi connectivity index (χ1) is 14.7. The summed E-state index contributed by atoms with van der Waals surface area (Å²) in [6.45, 7) is 4.06. The predicted molar refractivity (Wildman–Crippen MR) is 117 cm³/mol. The summed E-state index contributed by atoms with van der Waals surface area (Å²) in [6.07, 6.45) is 0. The molecule has 0 unspecified atom stereocenters. The third-order valence-corrected chi connectivity index (χ3v) is 5.60. The molecule has 1 aromatic heterocycles. The van der Waals surface area contributed by atoms with E-state index in [2.05, 4.69) is 25.3 Å². The summed E-state index contributed by atoms with van der Waals surface area (Å²) in [6, 6.07) is 12.4. The van der Waals surface area contributed by atoms with E-state index in [4.69, 9.17) is 0 Å². The fourth-order valence-electron chi connectivity index (χ4n) is 2.79. The SMILES string of the molecule is Cc1ccc(Nc2cc(C)nc(NCCNS(=O)(=O)Cc3cc(F)ccc3F)n2)cc1. The number of halogens is 2. The van der Waals surface area contributed by atoms with Gasteiger partial charge in [-0.25, -0.2) is 26.9 Å². The number of rotatable bonds is 9. The molecular weight excluding hydrogens is 424 g/mol. The lowest BCUT2D eigenvalue weighted by molar-refractivity contribution is 0.570. The maximum absolute atomic E-state index is 13.7. The fourth-order valence-corrected chi connectivity index (χ4v) is 3.93. The first kappa shape index (κ1) is 22.6. The van der Waals surface area contributed by atoms with Crippen molar-refractivity contribution in [2.45, 2.75) is 19.6 Å². The van der Waals surface area contributed by atoms with Crippen molar-refractivity contribution in [3.63, 3.8) is 0 Å². The maximum atomic E-state index is 13.7.